The van der Waals surface area contributed by atoms with Crippen molar-refractivity contribution >= 4 is 58.7 Å². The third-order valence-electron chi connectivity index (χ3n) is 5.05. The number of nitrogens with one attached hydrogen (secondary N) is 1. The molecule has 1 unspecified atom stereocenters. The maximum atomic E-state index is 13.0. The van der Waals surface area contributed by atoms with Gasteiger partial charge in [-0.3, -0.25) is 14.6 Å². The van der Waals surface area contributed by atoms with Gasteiger partial charge in [0.1, 0.15) is 10.2 Å². The van der Waals surface area contributed by atoms with Crippen LogP contribution in [-0.2, 0) is 19.1 Å². The van der Waals surface area contributed by atoms with Crippen molar-refractivity contribution in [2.24, 2.45) is 4.99 Å². The molecule has 10 heteroatoms. The zero-order valence-electron chi connectivity index (χ0n) is 19.3. The monoisotopic (exact) mass is 513 g/mol. The summed E-state index contributed by atoms with van der Waals surface area (Å²) >= 11 is 2.92. The topological polar surface area (TPSA) is 80.2 Å². The molecule has 0 saturated carbocycles. The highest BCUT2D eigenvalue weighted by Crippen LogP contribution is 2.37. The number of hydrogen-bond donors (Lipinski definition) is 1. The maximum absolute atomic E-state index is 13.0. The lowest BCUT2D eigenvalue weighted by molar-refractivity contribution is -0.142. The van der Waals surface area contributed by atoms with Crippen molar-refractivity contribution in [3.8, 4) is 0 Å². The Balaban J connectivity index is 0.00000385. The van der Waals surface area contributed by atoms with Gasteiger partial charge in [0.05, 0.1) is 18.9 Å². The molecule has 0 aliphatic carbocycles. The van der Waals surface area contributed by atoms with E-state index in [0.29, 0.717) is 23.8 Å². The van der Waals surface area contributed by atoms with Gasteiger partial charge in [0, 0.05) is 30.8 Å². The van der Waals surface area contributed by atoms with Gasteiger partial charge in [-0.15, -0.1) is 24.2 Å². The SMILES string of the molecule is CCCCC(Sc1ccc(NC(=O)C2=C(COC)N3CCCN=C3S2)cc1)C(=O)OCC.Cl. The molecular formula is C23H32ClN3O4S2. The smallest absolute Gasteiger partial charge is 0.319 e. The number of unbranched alkanes of at least 4 members (excludes halogenated alkanes) is 1. The Morgan fingerprint density at radius 3 is 2.70 bits per heavy atom. The summed E-state index contributed by atoms with van der Waals surface area (Å²) in [6.45, 7) is 6.34. The standard InChI is InChI=1S/C23H31N3O4S2.ClH/c1-4-6-8-19(22(28)30-5-2)31-17-11-9-16(10-12-17)25-21(27)20-18(15-29-3)26-14-7-13-24-23(26)32-20;/h9-12,19H,4-8,13-15H2,1-3H3,(H,25,27);1H. The number of esters is 1. The zero-order chi connectivity index (χ0) is 22.9. The lowest BCUT2D eigenvalue weighted by Gasteiger charge is -2.24. The van der Waals surface area contributed by atoms with Gasteiger partial charge in [0.15, 0.2) is 5.17 Å². The number of fused-ring (bicyclic) bond motifs is 1. The van der Waals surface area contributed by atoms with Gasteiger partial charge in [0.25, 0.3) is 5.91 Å². The van der Waals surface area contributed by atoms with Crippen molar-refractivity contribution in [3.63, 3.8) is 0 Å². The van der Waals surface area contributed by atoms with Crippen molar-refractivity contribution in [3.05, 3.63) is 34.9 Å². The molecule has 7 nitrogen and oxygen atoms in total. The van der Waals surface area contributed by atoms with Crippen molar-refractivity contribution in [2.75, 3.05) is 38.7 Å². The number of methoxy groups -OCH3 is 1. The number of carbonyl (C=O) groups excluding carboxylic acids is 2. The van der Waals surface area contributed by atoms with Crippen LogP contribution in [0.15, 0.2) is 44.8 Å². The van der Waals surface area contributed by atoms with Crippen LogP contribution in [0.2, 0.25) is 0 Å². The lowest BCUT2D eigenvalue weighted by atomic mass is 10.2. The first kappa shape index (κ1) is 27.6. The highest BCUT2D eigenvalue weighted by atomic mass is 35.5. The van der Waals surface area contributed by atoms with Gasteiger partial charge in [0.2, 0.25) is 0 Å². The molecule has 0 aromatic heterocycles. The number of thioether (sulfide) groups is 2. The number of aliphatic imine (C=N–C) groups is 1. The van der Waals surface area contributed by atoms with E-state index in [4.69, 9.17) is 9.47 Å². The molecule has 182 valence electrons. The van der Waals surface area contributed by atoms with Crippen molar-refractivity contribution in [2.45, 2.75) is 49.7 Å². The summed E-state index contributed by atoms with van der Waals surface area (Å²) in [6, 6.07) is 7.59. The van der Waals surface area contributed by atoms with Crippen molar-refractivity contribution in [1.29, 1.82) is 0 Å². The second kappa shape index (κ2) is 13.9. The number of anilines is 1. The first-order chi connectivity index (χ1) is 15.6. The minimum absolute atomic E-state index is 0. The van der Waals surface area contributed by atoms with Gasteiger partial charge >= 0.3 is 5.97 Å². The minimum Gasteiger partial charge on any atom is -0.465 e. The Hall–Kier alpha value is -1.68. The van der Waals surface area contributed by atoms with Gasteiger partial charge in [-0.05, 0) is 55.8 Å². The Kier molecular flexibility index (Phi) is 11.6. The van der Waals surface area contributed by atoms with Gasteiger partial charge in [-0.2, -0.15) is 0 Å². The molecule has 1 aromatic rings. The molecular weight excluding hydrogens is 482 g/mol. The molecule has 0 saturated heterocycles. The molecule has 1 aromatic carbocycles. The number of carbonyl (C=O) groups is 2. The van der Waals surface area contributed by atoms with E-state index in [-0.39, 0.29) is 29.5 Å². The summed E-state index contributed by atoms with van der Waals surface area (Å²) in [5.41, 5.74) is 1.58. The molecule has 2 aliphatic rings. The number of amides is 1. The highest BCUT2D eigenvalue weighted by Gasteiger charge is 2.34. The van der Waals surface area contributed by atoms with Crippen molar-refractivity contribution in [1.82, 2.24) is 4.90 Å². The van der Waals surface area contributed by atoms with Crippen LogP contribution >= 0.6 is 35.9 Å². The molecule has 1 atom stereocenters. The number of nitrogens with zero attached hydrogens (tertiary/aromatic N) is 2. The minimum atomic E-state index is -0.217. The molecule has 0 bridgehead atoms. The van der Waals surface area contributed by atoms with Crippen LogP contribution in [0.5, 0.6) is 0 Å². The van der Waals surface area contributed by atoms with Crippen LogP contribution in [0.3, 0.4) is 0 Å². The van der Waals surface area contributed by atoms with Gasteiger partial charge in [-0.1, -0.05) is 19.8 Å². The van der Waals surface area contributed by atoms with E-state index >= 15 is 0 Å². The highest BCUT2D eigenvalue weighted by molar-refractivity contribution is 8.18. The number of rotatable bonds is 11. The average molecular weight is 514 g/mol. The summed E-state index contributed by atoms with van der Waals surface area (Å²) in [7, 11) is 1.63. The number of amidine groups is 1. The number of halogens is 1. The molecule has 2 heterocycles. The normalized spacial score (nSPS) is 16.0. The predicted molar refractivity (Wildman–Crippen MR) is 138 cm³/mol. The van der Waals surface area contributed by atoms with Crippen LogP contribution < -0.4 is 5.32 Å². The lowest BCUT2D eigenvalue weighted by Crippen LogP contribution is -2.31. The summed E-state index contributed by atoms with van der Waals surface area (Å²) in [5, 5.41) is 3.64. The largest absolute Gasteiger partial charge is 0.465 e. The van der Waals surface area contributed by atoms with E-state index in [9.17, 15) is 9.59 Å². The quantitative estimate of drug-likeness (QED) is 0.332. The predicted octanol–water partition coefficient (Wildman–Crippen LogP) is 4.93. The van der Waals surface area contributed by atoms with E-state index in [1.807, 2.05) is 31.2 Å². The molecule has 33 heavy (non-hydrogen) atoms. The summed E-state index contributed by atoms with van der Waals surface area (Å²) < 4.78 is 10.6. The fraction of sp³-hybridized carbons (Fsp3) is 0.522. The maximum Gasteiger partial charge on any atom is 0.319 e. The Morgan fingerprint density at radius 2 is 2.03 bits per heavy atom. The second-order valence-electron chi connectivity index (χ2n) is 7.46. The second-order valence-corrected chi connectivity index (χ2v) is 9.71. The van der Waals surface area contributed by atoms with Crippen LogP contribution in [0.25, 0.3) is 0 Å². The van der Waals surface area contributed by atoms with Crippen LogP contribution in [0, 0.1) is 0 Å². The third kappa shape index (κ3) is 7.40. The summed E-state index contributed by atoms with van der Waals surface area (Å²) in [6.07, 6.45) is 3.76. The number of hydrogen-bond acceptors (Lipinski definition) is 8. The fourth-order valence-electron chi connectivity index (χ4n) is 3.47. The molecule has 0 radical (unpaired) electrons. The van der Waals surface area contributed by atoms with E-state index in [2.05, 4.69) is 22.1 Å². The average Bonchev–Trinajstić information content (AvgIpc) is 3.17. The van der Waals surface area contributed by atoms with Crippen molar-refractivity contribution < 1.29 is 19.1 Å². The van der Waals surface area contributed by atoms with Crippen LogP contribution in [-0.4, -0.2) is 60.6 Å². The molecule has 1 amide bonds. The van der Waals surface area contributed by atoms with E-state index in [1.54, 1.807) is 7.11 Å². The van der Waals surface area contributed by atoms with E-state index < -0.39 is 0 Å². The summed E-state index contributed by atoms with van der Waals surface area (Å²) in [4.78, 5) is 33.5. The molecule has 0 spiro atoms. The zero-order valence-corrected chi connectivity index (χ0v) is 21.7. The number of benzene rings is 1. The van der Waals surface area contributed by atoms with Gasteiger partial charge < -0.3 is 19.7 Å². The van der Waals surface area contributed by atoms with Gasteiger partial charge in [-0.25, -0.2) is 0 Å². The Labute approximate surface area is 210 Å². The Morgan fingerprint density at radius 1 is 1.27 bits per heavy atom. The first-order valence-corrected chi connectivity index (χ1v) is 12.7. The number of ether oxygens (including phenoxy) is 2. The third-order valence-corrected chi connectivity index (χ3v) is 7.46. The first-order valence-electron chi connectivity index (χ1n) is 11.0. The molecule has 2 aliphatic heterocycles. The molecule has 3 rings (SSSR count). The van der Waals surface area contributed by atoms with E-state index in [1.165, 1.54) is 23.5 Å². The summed E-state index contributed by atoms with van der Waals surface area (Å²) in [5.74, 6) is -0.328. The fourth-order valence-corrected chi connectivity index (χ4v) is 5.62. The van der Waals surface area contributed by atoms with Crippen LogP contribution in [0.1, 0.15) is 39.5 Å². The molecule has 0 fully saturated rings. The van der Waals surface area contributed by atoms with Crippen LogP contribution in [0.4, 0.5) is 5.69 Å². The van der Waals surface area contributed by atoms with E-state index in [0.717, 1.165) is 54.5 Å². The molecule has 1 N–H and O–H groups in total. The Bertz CT molecular complexity index is 877.